The second-order valence-electron chi connectivity index (χ2n) is 21.9. The first-order valence-corrected chi connectivity index (χ1v) is 23.9. The van der Waals surface area contributed by atoms with Crippen molar-refractivity contribution in [2.24, 2.45) is 0 Å². The molecule has 4 N–H and O–H groups in total. The average Bonchev–Trinajstić information content (AvgIpc) is 4.12. The predicted octanol–water partition coefficient (Wildman–Crippen LogP) is 5.02. The number of β-amino-alcohol motifs (C(OH)–C–C–N with tert-alkyl or cyclic N) is 1. The van der Waals surface area contributed by atoms with Crippen molar-refractivity contribution < 1.29 is 87.7 Å². The zero-order chi connectivity index (χ0) is 56.2. The Morgan fingerprint density at radius 3 is 1.27 bits per heavy atom. The van der Waals surface area contributed by atoms with E-state index in [-0.39, 0.29) is 37.7 Å². The van der Waals surface area contributed by atoms with Crippen LogP contribution in [0.5, 0.6) is 0 Å². The number of aliphatic hydroxyl groups is 3. The molecular formula is C49H93FN4O17. The van der Waals surface area contributed by atoms with Gasteiger partial charge < -0.3 is 78.0 Å². The molecule has 5 heterocycles. The fourth-order valence-electron chi connectivity index (χ4n) is 7.81. The molecule has 5 aliphatic heterocycles. The molecule has 5 saturated heterocycles. The maximum Gasteiger partial charge on any atom is 0.410 e. The molecular weight excluding hydrogens is 936 g/mol. The van der Waals surface area contributed by atoms with E-state index in [0.29, 0.717) is 32.5 Å². The molecule has 0 aromatic rings. The van der Waals surface area contributed by atoms with Gasteiger partial charge >= 0.3 is 30.2 Å². The molecule has 5 fully saturated rings. The molecule has 0 aromatic carbocycles. The normalized spacial score (nSPS) is 25.4. The summed E-state index contributed by atoms with van der Waals surface area (Å²) in [6, 6.07) is 0. The first-order valence-electron chi connectivity index (χ1n) is 24.6. The number of ether oxygens (including phenoxy) is 9. The van der Waals surface area contributed by atoms with Crippen LogP contribution in [0.3, 0.4) is 0 Å². The molecule has 0 bridgehead atoms. The van der Waals surface area contributed by atoms with E-state index in [1.165, 1.54) is 44.0 Å². The van der Waals surface area contributed by atoms with Gasteiger partial charge in [-0.3, -0.25) is 4.39 Å². The summed E-state index contributed by atoms with van der Waals surface area (Å²) < 4.78 is 61.4. The molecule has 418 valence electrons. The van der Waals surface area contributed by atoms with Crippen LogP contribution in [0.15, 0.2) is 0 Å². The van der Waals surface area contributed by atoms with Crippen molar-refractivity contribution in [3.05, 3.63) is 0 Å². The largest absolute Gasteiger partial charge is 0.467 e. The summed E-state index contributed by atoms with van der Waals surface area (Å²) in [4.78, 5) is 62.9. The van der Waals surface area contributed by atoms with Crippen LogP contribution >= 0.6 is 0 Å². The zero-order valence-corrected chi connectivity index (χ0v) is 46.3. The van der Waals surface area contributed by atoms with Gasteiger partial charge in [-0.2, -0.15) is 0 Å². The number of esters is 2. The van der Waals surface area contributed by atoms with Gasteiger partial charge in [0.25, 0.3) is 0 Å². The van der Waals surface area contributed by atoms with E-state index < -0.39 is 76.1 Å². The van der Waals surface area contributed by atoms with Crippen molar-refractivity contribution in [3.63, 3.8) is 0 Å². The van der Waals surface area contributed by atoms with E-state index in [1.54, 1.807) is 88.4 Å². The smallest absolute Gasteiger partial charge is 0.410 e. The number of likely N-dealkylation sites (tertiary alicyclic amines) is 3. The van der Waals surface area contributed by atoms with E-state index in [4.69, 9.17) is 39.3 Å². The molecule has 22 heteroatoms. The second-order valence-corrected chi connectivity index (χ2v) is 21.9. The molecule has 3 amide bonds. The molecule has 21 nitrogen and oxygen atoms in total. The Bertz CT molecular complexity index is 1660. The molecule has 4 atom stereocenters. The number of alkyl halides is 1. The standard InChI is InChI=1S/C13H25NO4.C12H21NO5.C11H19NO5.C8H17NO2.C4H8O.CH3F/c1-11(2,3)18-10(15)14-8-7-13(9-14,17-6)12(4,5)16;1-11(2,3)18-10(15)13-7-6-12(8-13,17-5)9(14)16-4;1-10(2,3)17-9(14)12-6-5-11(15,7-12)8(13)16-4;1-7(2,10)8(11-3)4-5-9-6-8;1-2-4-5-3-1;1-2/h16H,7-9H2,1-6H3;6-8H2,1-5H3;15H,5-7H2,1-4H3;9-10H,4-6H2,1-3H3;1-4H2;1H3/i;;;;;1D. The van der Waals surface area contributed by atoms with Crippen LogP contribution in [-0.4, -0.2) is 219 Å². The summed E-state index contributed by atoms with van der Waals surface area (Å²) >= 11 is 0. The van der Waals surface area contributed by atoms with Gasteiger partial charge in [-0.05, 0) is 122 Å². The van der Waals surface area contributed by atoms with Crippen molar-refractivity contribution >= 4 is 30.2 Å². The number of carbonyl (C=O) groups is 5. The fourth-order valence-corrected chi connectivity index (χ4v) is 7.81. The SMILES string of the molecule is C1CCOC1.COC(=O)C1(O)CCN(C(=O)OC(C)(C)C)C1.COC(=O)C1(OC)CCN(C(=O)OC(C)(C)C)C1.COC1(C(C)(C)O)CCN(C(=O)OC(C)(C)C)C1.COC1(C(C)(C)O)CCNC1.[2H]CF. The highest BCUT2D eigenvalue weighted by atomic mass is 19.1. The number of nitrogens with zero attached hydrogens (tertiary/aromatic N) is 3. The average molecular weight is 1030 g/mol. The molecule has 0 radical (unpaired) electrons. The van der Waals surface area contributed by atoms with Crippen molar-refractivity contribution in [3.8, 4) is 0 Å². The minimum Gasteiger partial charge on any atom is -0.467 e. The van der Waals surface area contributed by atoms with E-state index in [2.05, 4.69) is 10.1 Å². The van der Waals surface area contributed by atoms with Crippen molar-refractivity contribution in [2.45, 2.75) is 179 Å². The highest BCUT2D eigenvalue weighted by Gasteiger charge is 2.52. The van der Waals surface area contributed by atoms with Gasteiger partial charge in [0, 0.05) is 73.6 Å². The third-order valence-electron chi connectivity index (χ3n) is 12.1. The van der Waals surface area contributed by atoms with Crippen LogP contribution in [0.4, 0.5) is 18.8 Å². The number of methoxy groups -OCH3 is 5. The summed E-state index contributed by atoms with van der Waals surface area (Å²) in [6.07, 6.45) is 3.29. The summed E-state index contributed by atoms with van der Waals surface area (Å²) in [7, 11) is 6.17. The van der Waals surface area contributed by atoms with Crippen molar-refractivity contribution in [1.82, 2.24) is 20.0 Å². The van der Waals surface area contributed by atoms with E-state index in [0.717, 1.165) is 32.7 Å². The molecule has 71 heavy (non-hydrogen) atoms. The topological polar surface area (TPSA) is 251 Å². The molecule has 0 aliphatic carbocycles. The second kappa shape index (κ2) is 28.1. The quantitative estimate of drug-likeness (QED) is 0.193. The Morgan fingerprint density at radius 1 is 0.577 bits per heavy atom. The van der Waals surface area contributed by atoms with E-state index in [1.807, 2.05) is 20.8 Å². The number of nitrogens with one attached hydrogen (secondary N) is 1. The number of hydrogen-bond donors (Lipinski definition) is 4. The number of halogens is 1. The third-order valence-corrected chi connectivity index (χ3v) is 12.1. The highest BCUT2D eigenvalue weighted by molar-refractivity contribution is 5.82. The molecule has 0 saturated carbocycles. The first-order chi connectivity index (χ1) is 32.9. The molecule has 5 aliphatic rings. The number of carbonyl (C=O) groups excluding carboxylic acids is 5. The van der Waals surface area contributed by atoms with E-state index >= 15 is 0 Å². The Labute approximate surface area is 424 Å². The molecule has 5 rings (SSSR count). The lowest BCUT2D eigenvalue weighted by atomic mass is 9.85. The monoisotopic (exact) mass is 1030 g/mol. The lowest BCUT2D eigenvalue weighted by Gasteiger charge is -2.38. The van der Waals surface area contributed by atoms with Crippen LogP contribution in [-0.2, 0) is 52.2 Å². The van der Waals surface area contributed by atoms with Gasteiger partial charge in [0.15, 0.2) is 11.2 Å². The maximum absolute atomic E-state index is 12.0. The zero-order valence-electron chi connectivity index (χ0n) is 47.3. The Morgan fingerprint density at radius 2 is 0.972 bits per heavy atom. The number of amides is 3. The van der Waals surface area contributed by atoms with Crippen LogP contribution < -0.4 is 5.32 Å². The lowest BCUT2D eigenvalue weighted by Crippen LogP contribution is -2.54. The van der Waals surface area contributed by atoms with Gasteiger partial charge in [-0.15, -0.1) is 0 Å². The maximum atomic E-state index is 12.0. The van der Waals surface area contributed by atoms with Gasteiger partial charge in [-0.1, -0.05) is 0 Å². The summed E-state index contributed by atoms with van der Waals surface area (Å²) in [5, 5.41) is 33.1. The van der Waals surface area contributed by atoms with Crippen molar-refractivity contribution in [2.75, 3.05) is 108 Å². The van der Waals surface area contributed by atoms with Crippen LogP contribution in [0, 0.1) is 0 Å². The Balaban J connectivity index is 0.000000894. The van der Waals surface area contributed by atoms with Crippen LogP contribution in [0.1, 0.15) is 130 Å². The minimum absolute atomic E-state index is 0.0887. The predicted molar refractivity (Wildman–Crippen MR) is 263 cm³/mol. The van der Waals surface area contributed by atoms with Gasteiger partial charge in [0.05, 0.1) is 53.6 Å². The first kappa shape index (κ1) is 65.4. The Kier molecular flexibility index (Phi) is 25.9. The number of hydrogen-bond acceptors (Lipinski definition) is 18. The molecule has 0 aromatic heterocycles. The highest BCUT2D eigenvalue weighted by Crippen LogP contribution is 2.36. The van der Waals surface area contributed by atoms with Crippen LogP contribution in [0.2, 0.25) is 0 Å². The van der Waals surface area contributed by atoms with Gasteiger partial charge in [-0.25, -0.2) is 24.0 Å². The summed E-state index contributed by atoms with van der Waals surface area (Å²) in [5.41, 5.74) is -7.19. The number of rotatable bonds is 7. The lowest BCUT2D eigenvalue weighted by molar-refractivity contribution is -0.164. The Hall–Kier alpha value is -3.64. The fraction of sp³-hybridized carbons (Fsp3) is 0.898. The summed E-state index contributed by atoms with van der Waals surface area (Å²) in [5.74, 6) is -1.18. The van der Waals surface area contributed by atoms with Crippen molar-refractivity contribution in [1.29, 1.82) is 0 Å². The summed E-state index contributed by atoms with van der Waals surface area (Å²) in [6.45, 7) is 28.5. The third kappa shape index (κ3) is 21.4. The van der Waals surface area contributed by atoms with E-state index in [9.17, 15) is 43.7 Å². The van der Waals surface area contributed by atoms with Crippen LogP contribution in [0.25, 0.3) is 0 Å². The minimum atomic E-state index is -1.61. The molecule has 0 spiro atoms. The van der Waals surface area contributed by atoms with Gasteiger partial charge in [0.2, 0.25) is 0 Å². The molecule has 4 unspecified atom stereocenters. The van der Waals surface area contributed by atoms with Gasteiger partial charge in [0.1, 0.15) is 28.0 Å².